The lowest BCUT2D eigenvalue weighted by atomic mass is 10.2. The van der Waals surface area contributed by atoms with E-state index in [1.807, 2.05) is 66.8 Å². The number of rotatable bonds is 3. The van der Waals surface area contributed by atoms with Crippen LogP contribution in [-0.4, -0.2) is 19.0 Å². The Morgan fingerprint density at radius 2 is 1.50 bits per heavy atom. The summed E-state index contributed by atoms with van der Waals surface area (Å²) < 4.78 is 0. The van der Waals surface area contributed by atoms with E-state index in [1.54, 1.807) is 0 Å². The zero-order valence-electron chi connectivity index (χ0n) is 10.3. The topological polar surface area (TPSA) is 55.1 Å². The summed E-state index contributed by atoms with van der Waals surface area (Å²) in [6.07, 6.45) is 21.4. The number of hydrogen-bond donors (Lipinski definition) is 2. The first-order valence-electron chi connectivity index (χ1n) is 5.83. The number of amides is 1. The molecule has 0 unspecified atom stereocenters. The Morgan fingerprint density at radius 1 is 0.944 bits per heavy atom. The molecular weight excluding hydrogens is 224 g/mol. The van der Waals surface area contributed by atoms with E-state index in [4.69, 9.17) is 5.73 Å². The van der Waals surface area contributed by atoms with Gasteiger partial charge in [0.1, 0.15) is 0 Å². The van der Waals surface area contributed by atoms with Crippen LogP contribution in [0.1, 0.15) is 0 Å². The standard InChI is InChI=1S/C15H18N2O/c16-12-15(18)17-13-14-10-8-6-4-2-1-3-5-7-9-11-14/h1-11H,12-13,16H2,(H,17,18)/b2-1-,3-1?,4-2?,5-3-,6-4-,7-5?,8-6?,9-7-,10-8-,11-9?,14-10?,14-11+. The molecule has 0 fully saturated rings. The molecule has 3 N–H and O–H groups in total. The van der Waals surface area contributed by atoms with Gasteiger partial charge < -0.3 is 11.1 Å². The average molecular weight is 242 g/mol. The number of carbonyl (C=O) groups is 1. The summed E-state index contributed by atoms with van der Waals surface area (Å²) in [5.74, 6) is -0.155. The van der Waals surface area contributed by atoms with Gasteiger partial charge in [0.15, 0.2) is 0 Å². The Kier molecular flexibility index (Phi) is 6.93. The molecule has 0 heterocycles. The Morgan fingerprint density at radius 3 is 2.11 bits per heavy atom. The van der Waals surface area contributed by atoms with Crippen molar-refractivity contribution >= 4 is 5.91 Å². The van der Waals surface area contributed by atoms with Gasteiger partial charge in [0.2, 0.25) is 5.91 Å². The summed E-state index contributed by atoms with van der Waals surface area (Å²) in [5.41, 5.74) is 6.25. The molecule has 0 aromatic carbocycles. The molecule has 3 nitrogen and oxygen atoms in total. The van der Waals surface area contributed by atoms with Gasteiger partial charge in [-0.15, -0.1) is 0 Å². The number of carbonyl (C=O) groups excluding carboxylic acids is 1. The highest BCUT2D eigenvalue weighted by Gasteiger charge is 1.96. The molecule has 94 valence electrons. The largest absolute Gasteiger partial charge is 0.351 e. The van der Waals surface area contributed by atoms with Crippen molar-refractivity contribution < 1.29 is 4.79 Å². The molecule has 0 saturated heterocycles. The normalized spacial score (nSPS) is 26.6. The van der Waals surface area contributed by atoms with Crippen molar-refractivity contribution in [2.75, 3.05) is 13.1 Å². The van der Waals surface area contributed by atoms with Gasteiger partial charge in [0, 0.05) is 6.54 Å². The number of nitrogens with one attached hydrogen (secondary N) is 1. The van der Waals surface area contributed by atoms with Gasteiger partial charge >= 0.3 is 0 Å². The maximum Gasteiger partial charge on any atom is 0.234 e. The third kappa shape index (κ3) is 6.45. The highest BCUT2D eigenvalue weighted by molar-refractivity contribution is 5.78. The number of allylic oxidation sites excluding steroid dienone is 10. The van der Waals surface area contributed by atoms with Gasteiger partial charge in [-0.25, -0.2) is 0 Å². The molecule has 0 atom stereocenters. The molecule has 1 aliphatic carbocycles. The molecule has 0 bridgehead atoms. The molecule has 0 spiro atoms. The van der Waals surface area contributed by atoms with E-state index in [9.17, 15) is 4.79 Å². The fourth-order valence-corrected chi connectivity index (χ4v) is 1.25. The van der Waals surface area contributed by atoms with Crippen LogP contribution in [0.2, 0.25) is 0 Å². The molecule has 1 rings (SSSR count). The number of hydrogen-bond acceptors (Lipinski definition) is 2. The molecule has 0 saturated carbocycles. The van der Waals surface area contributed by atoms with Crippen LogP contribution in [0.5, 0.6) is 0 Å². The third-order valence-corrected chi connectivity index (χ3v) is 2.18. The molecule has 0 radical (unpaired) electrons. The van der Waals surface area contributed by atoms with Crippen molar-refractivity contribution in [2.24, 2.45) is 5.73 Å². The maximum atomic E-state index is 11.1. The van der Waals surface area contributed by atoms with E-state index in [0.29, 0.717) is 6.54 Å². The van der Waals surface area contributed by atoms with Gasteiger partial charge in [0.25, 0.3) is 0 Å². The predicted molar refractivity (Wildman–Crippen MR) is 75.8 cm³/mol. The van der Waals surface area contributed by atoms with E-state index >= 15 is 0 Å². The Balaban J connectivity index is 2.69. The third-order valence-electron chi connectivity index (χ3n) is 2.18. The molecule has 1 aliphatic rings. The van der Waals surface area contributed by atoms with Gasteiger partial charge in [0.05, 0.1) is 6.54 Å². The van der Waals surface area contributed by atoms with Crippen LogP contribution in [0.4, 0.5) is 0 Å². The van der Waals surface area contributed by atoms with E-state index in [-0.39, 0.29) is 12.5 Å². The highest BCUT2D eigenvalue weighted by atomic mass is 16.1. The minimum Gasteiger partial charge on any atom is -0.351 e. The van der Waals surface area contributed by atoms with Crippen LogP contribution >= 0.6 is 0 Å². The summed E-state index contributed by atoms with van der Waals surface area (Å²) in [7, 11) is 0. The van der Waals surface area contributed by atoms with Crippen LogP contribution in [0.3, 0.4) is 0 Å². The molecule has 0 aromatic heterocycles. The Bertz CT molecular complexity index is 437. The quantitative estimate of drug-likeness (QED) is 0.792. The first-order valence-corrected chi connectivity index (χ1v) is 5.83. The first-order chi connectivity index (χ1) is 8.83. The Hall–Kier alpha value is -2.13. The zero-order valence-corrected chi connectivity index (χ0v) is 10.3. The fraction of sp³-hybridized carbons (Fsp3) is 0.133. The molecule has 1 amide bonds. The van der Waals surface area contributed by atoms with Crippen LogP contribution in [0, 0.1) is 0 Å². The summed E-state index contributed by atoms with van der Waals surface area (Å²) >= 11 is 0. The van der Waals surface area contributed by atoms with Crippen molar-refractivity contribution in [3.63, 3.8) is 0 Å². The van der Waals surface area contributed by atoms with E-state index < -0.39 is 0 Å². The average Bonchev–Trinajstić information content (AvgIpc) is 2.37. The summed E-state index contributed by atoms with van der Waals surface area (Å²) in [4.78, 5) is 11.1. The van der Waals surface area contributed by atoms with Crippen LogP contribution in [0.25, 0.3) is 0 Å². The SMILES string of the molecule is NCC(=O)NCC1=C/C=C\C=C/C=C\C=C/C=C\1. The van der Waals surface area contributed by atoms with Crippen molar-refractivity contribution in [1.82, 2.24) is 5.32 Å². The minimum atomic E-state index is -0.155. The van der Waals surface area contributed by atoms with E-state index in [0.717, 1.165) is 5.57 Å². The lowest BCUT2D eigenvalue weighted by Gasteiger charge is -2.03. The van der Waals surface area contributed by atoms with Crippen LogP contribution < -0.4 is 11.1 Å². The number of nitrogens with two attached hydrogens (primary N) is 1. The van der Waals surface area contributed by atoms with E-state index in [1.165, 1.54) is 0 Å². The van der Waals surface area contributed by atoms with Gasteiger partial charge in [-0.2, -0.15) is 0 Å². The minimum absolute atomic E-state index is 0.0142. The molecule has 0 aliphatic heterocycles. The summed E-state index contributed by atoms with van der Waals surface area (Å²) in [6, 6.07) is 0. The molecule has 3 heteroatoms. The van der Waals surface area contributed by atoms with Crippen LogP contribution in [-0.2, 0) is 4.79 Å². The predicted octanol–water partition coefficient (Wildman–Crippen LogP) is 1.78. The van der Waals surface area contributed by atoms with Crippen molar-refractivity contribution in [3.8, 4) is 0 Å². The molecular formula is C15H18N2O. The maximum absolute atomic E-state index is 11.1. The summed E-state index contributed by atoms with van der Waals surface area (Å²) in [5, 5.41) is 2.74. The lowest BCUT2D eigenvalue weighted by molar-refractivity contribution is -0.119. The smallest absolute Gasteiger partial charge is 0.234 e. The Labute approximate surface area is 108 Å². The second kappa shape index (κ2) is 8.96. The van der Waals surface area contributed by atoms with Crippen molar-refractivity contribution in [3.05, 3.63) is 72.4 Å². The molecule has 0 aromatic rings. The van der Waals surface area contributed by atoms with Crippen molar-refractivity contribution in [2.45, 2.75) is 0 Å². The van der Waals surface area contributed by atoms with Crippen LogP contribution in [0.15, 0.2) is 72.4 Å². The first kappa shape index (κ1) is 13.9. The zero-order chi connectivity index (χ0) is 13.1. The van der Waals surface area contributed by atoms with Gasteiger partial charge in [-0.3, -0.25) is 4.79 Å². The monoisotopic (exact) mass is 242 g/mol. The second-order valence-corrected chi connectivity index (χ2v) is 3.62. The highest BCUT2D eigenvalue weighted by Crippen LogP contribution is 1.98. The molecule has 18 heavy (non-hydrogen) atoms. The fourth-order valence-electron chi connectivity index (χ4n) is 1.25. The van der Waals surface area contributed by atoms with Crippen molar-refractivity contribution in [1.29, 1.82) is 0 Å². The lowest BCUT2D eigenvalue weighted by Crippen LogP contribution is -2.31. The van der Waals surface area contributed by atoms with E-state index in [2.05, 4.69) is 5.32 Å². The second-order valence-electron chi connectivity index (χ2n) is 3.62. The summed E-state index contributed by atoms with van der Waals surface area (Å²) in [6.45, 7) is 0.491. The van der Waals surface area contributed by atoms with Gasteiger partial charge in [-0.1, -0.05) is 66.8 Å². The van der Waals surface area contributed by atoms with Gasteiger partial charge in [-0.05, 0) is 5.57 Å².